The Balaban J connectivity index is 2.92. The number of nitrogens with two attached hydrogens (primary N) is 2. The molecule has 0 aliphatic heterocycles. The summed E-state index contributed by atoms with van der Waals surface area (Å²) in [6, 6.07) is 0. The first-order chi connectivity index (χ1) is 6.02. The molecule has 13 heavy (non-hydrogen) atoms. The van der Waals surface area contributed by atoms with Crippen molar-refractivity contribution in [3.8, 4) is 0 Å². The second-order valence-electron chi connectivity index (χ2n) is 2.43. The van der Waals surface area contributed by atoms with Gasteiger partial charge in [-0.2, -0.15) is 0 Å². The number of carbonyl (C=O) groups excluding carboxylic acids is 2. The van der Waals surface area contributed by atoms with Gasteiger partial charge in [0, 0.05) is 7.05 Å². The first-order valence-electron chi connectivity index (χ1n) is 3.40. The molecule has 1 aromatic rings. The summed E-state index contributed by atoms with van der Waals surface area (Å²) in [5, 5.41) is 0.851. The Hall–Kier alpha value is -1.89. The lowest BCUT2D eigenvalue weighted by Crippen LogP contribution is -2.33. The molecule has 7 nitrogen and oxygen atoms in total. The van der Waals surface area contributed by atoms with E-state index in [1.54, 1.807) is 0 Å². The molecule has 0 radical (unpaired) electrons. The van der Waals surface area contributed by atoms with Gasteiger partial charge in [-0.15, -0.1) is 0 Å². The fourth-order valence-corrected chi connectivity index (χ4v) is 0.722. The number of amides is 2. The van der Waals surface area contributed by atoms with Crippen LogP contribution in [0.3, 0.4) is 0 Å². The Bertz CT molecular complexity index is 343. The Labute approximate surface area is 73.7 Å². The van der Waals surface area contributed by atoms with E-state index in [0.717, 1.165) is 5.01 Å². The summed E-state index contributed by atoms with van der Waals surface area (Å²) in [5.74, 6) is 3.95. The van der Waals surface area contributed by atoms with Crippen LogP contribution in [0.5, 0.6) is 0 Å². The van der Waals surface area contributed by atoms with Crippen LogP contribution < -0.4 is 11.6 Å². The molecule has 0 fully saturated rings. The van der Waals surface area contributed by atoms with Crippen LogP contribution >= 0.6 is 0 Å². The molecule has 2 amide bonds. The van der Waals surface area contributed by atoms with E-state index in [0.29, 0.717) is 0 Å². The lowest BCUT2D eigenvalue weighted by atomic mass is 10.5. The lowest BCUT2D eigenvalue weighted by Gasteiger charge is -2.05. The van der Waals surface area contributed by atoms with E-state index in [4.69, 9.17) is 11.6 Å². The number of primary amides is 1. The first kappa shape index (κ1) is 9.20. The first-order valence-corrected chi connectivity index (χ1v) is 3.40. The molecular weight excluding hydrogens is 174 g/mol. The molecule has 1 rings (SSSR count). The number of hydrogen-bond donors (Lipinski definition) is 3. The highest BCUT2D eigenvalue weighted by molar-refractivity contribution is 5.94. The van der Waals surface area contributed by atoms with Gasteiger partial charge >= 0.3 is 5.91 Å². The number of aromatic nitrogens is 2. The van der Waals surface area contributed by atoms with Gasteiger partial charge in [-0.1, -0.05) is 0 Å². The van der Waals surface area contributed by atoms with E-state index < -0.39 is 11.8 Å². The van der Waals surface area contributed by atoms with E-state index in [9.17, 15) is 9.59 Å². The van der Waals surface area contributed by atoms with Crippen LogP contribution in [-0.2, 0) is 0 Å². The van der Waals surface area contributed by atoms with Gasteiger partial charge in [0.05, 0.1) is 6.20 Å². The Morgan fingerprint density at radius 2 is 2.23 bits per heavy atom. The Morgan fingerprint density at radius 3 is 2.62 bits per heavy atom. The summed E-state index contributed by atoms with van der Waals surface area (Å²) >= 11 is 0. The third kappa shape index (κ3) is 1.82. The Morgan fingerprint density at radius 1 is 1.62 bits per heavy atom. The molecule has 7 heteroatoms. The van der Waals surface area contributed by atoms with Crippen molar-refractivity contribution >= 4 is 11.8 Å². The van der Waals surface area contributed by atoms with Crippen LogP contribution in [0.25, 0.3) is 0 Å². The van der Waals surface area contributed by atoms with Gasteiger partial charge in [-0.25, -0.2) is 10.8 Å². The minimum absolute atomic E-state index is 0.0150. The summed E-state index contributed by atoms with van der Waals surface area (Å²) in [6.45, 7) is 0. The van der Waals surface area contributed by atoms with Crippen LogP contribution in [-0.4, -0.2) is 33.8 Å². The van der Waals surface area contributed by atoms with Crippen LogP contribution in [0.1, 0.15) is 21.1 Å². The molecule has 0 atom stereocenters. The summed E-state index contributed by atoms with van der Waals surface area (Å²) < 4.78 is 0. The third-order valence-electron chi connectivity index (χ3n) is 1.36. The normalized spacial score (nSPS) is 9.69. The number of H-pyrrole nitrogens is 1. The molecule has 0 unspecified atom stereocenters. The van der Waals surface area contributed by atoms with Gasteiger partial charge in [0.15, 0.2) is 5.82 Å². The van der Waals surface area contributed by atoms with Crippen molar-refractivity contribution in [2.75, 3.05) is 7.05 Å². The van der Waals surface area contributed by atoms with Crippen molar-refractivity contribution in [1.29, 1.82) is 0 Å². The average Bonchev–Trinajstić information content (AvgIpc) is 2.50. The number of hydrogen-bond acceptors (Lipinski definition) is 4. The number of nitrogens with one attached hydrogen (secondary N) is 1. The molecule has 1 heterocycles. The monoisotopic (exact) mass is 183 g/mol. The molecule has 0 saturated carbocycles. The fourth-order valence-electron chi connectivity index (χ4n) is 0.722. The van der Waals surface area contributed by atoms with Gasteiger partial charge in [-0.05, 0) is 0 Å². The molecule has 5 N–H and O–H groups in total. The summed E-state index contributed by atoms with van der Waals surface area (Å²) in [7, 11) is 1.37. The molecule has 70 valence electrons. The third-order valence-corrected chi connectivity index (χ3v) is 1.36. The van der Waals surface area contributed by atoms with Gasteiger partial charge < -0.3 is 10.7 Å². The van der Waals surface area contributed by atoms with Gasteiger partial charge in [0.2, 0.25) is 0 Å². The molecule has 0 saturated heterocycles. The second kappa shape index (κ2) is 3.23. The van der Waals surface area contributed by atoms with Crippen molar-refractivity contribution in [2.45, 2.75) is 0 Å². The smallest absolute Gasteiger partial charge is 0.303 e. The van der Waals surface area contributed by atoms with Gasteiger partial charge in [-0.3, -0.25) is 14.6 Å². The zero-order valence-electron chi connectivity index (χ0n) is 6.94. The standard InChI is InChI=1S/C6H9N5O2/c1-11(8)6(13)5-9-2-3(10-5)4(7)12/h2H,8H2,1H3,(H2,7,12)(H,9,10). The molecule has 0 aliphatic rings. The van der Waals surface area contributed by atoms with E-state index >= 15 is 0 Å². The van der Waals surface area contributed by atoms with Crippen molar-refractivity contribution in [3.05, 3.63) is 17.7 Å². The molecule has 0 aromatic carbocycles. The minimum Gasteiger partial charge on any atom is -0.364 e. The maximum absolute atomic E-state index is 11.1. The minimum atomic E-state index is -0.675. The zero-order chi connectivity index (χ0) is 10.0. The number of imidazole rings is 1. The molecule has 0 spiro atoms. The van der Waals surface area contributed by atoms with Crippen LogP contribution in [0.15, 0.2) is 6.20 Å². The van der Waals surface area contributed by atoms with Crippen molar-refractivity contribution < 1.29 is 9.59 Å². The lowest BCUT2D eigenvalue weighted by molar-refractivity contribution is 0.0784. The largest absolute Gasteiger partial charge is 0.364 e. The van der Waals surface area contributed by atoms with Crippen molar-refractivity contribution in [2.24, 2.45) is 11.6 Å². The highest BCUT2D eigenvalue weighted by Gasteiger charge is 2.14. The summed E-state index contributed by atoms with van der Waals surface area (Å²) in [6.07, 6.45) is 1.18. The number of rotatable bonds is 2. The maximum atomic E-state index is 11.1. The Kier molecular flexibility index (Phi) is 2.29. The fraction of sp³-hybridized carbons (Fsp3) is 0.167. The summed E-state index contributed by atoms with van der Waals surface area (Å²) in [4.78, 5) is 27.8. The summed E-state index contributed by atoms with van der Waals surface area (Å²) in [5.41, 5.74) is 5.01. The van der Waals surface area contributed by atoms with Crippen LogP contribution in [0.2, 0.25) is 0 Å². The predicted octanol–water partition coefficient (Wildman–Crippen LogP) is -1.55. The molecule has 1 aromatic heterocycles. The van der Waals surface area contributed by atoms with E-state index in [1.807, 2.05) is 0 Å². The predicted molar refractivity (Wildman–Crippen MR) is 43.4 cm³/mol. The quantitative estimate of drug-likeness (QED) is 0.292. The number of aromatic amines is 1. The number of hydrazine groups is 1. The van der Waals surface area contributed by atoms with Crippen molar-refractivity contribution in [3.63, 3.8) is 0 Å². The van der Waals surface area contributed by atoms with Gasteiger partial charge in [0.1, 0.15) is 5.69 Å². The second-order valence-corrected chi connectivity index (χ2v) is 2.43. The van der Waals surface area contributed by atoms with Crippen molar-refractivity contribution in [1.82, 2.24) is 15.0 Å². The molecular formula is C6H9N5O2. The maximum Gasteiger partial charge on any atom is 0.303 e. The van der Waals surface area contributed by atoms with E-state index in [1.165, 1.54) is 13.2 Å². The SMILES string of the molecule is CN(N)C(=O)c1ncc(C(N)=O)[nH]1. The highest BCUT2D eigenvalue weighted by atomic mass is 16.2. The number of nitrogens with zero attached hydrogens (tertiary/aromatic N) is 2. The number of carbonyl (C=O) groups is 2. The average molecular weight is 183 g/mol. The highest BCUT2D eigenvalue weighted by Crippen LogP contribution is 1.97. The van der Waals surface area contributed by atoms with E-state index in [2.05, 4.69) is 9.97 Å². The van der Waals surface area contributed by atoms with E-state index in [-0.39, 0.29) is 11.5 Å². The topological polar surface area (TPSA) is 118 Å². The van der Waals surface area contributed by atoms with Gasteiger partial charge in [0.25, 0.3) is 5.91 Å². The zero-order valence-corrected chi connectivity index (χ0v) is 6.94. The van der Waals surface area contributed by atoms with Crippen LogP contribution in [0.4, 0.5) is 0 Å². The molecule has 0 bridgehead atoms. The molecule has 0 aliphatic carbocycles. The van der Waals surface area contributed by atoms with Crippen LogP contribution in [0, 0.1) is 0 Å².